The lowest BCUT2D eigenvalue weighted by molar-refractivity contribution is -0.114. The van der Waals surface area contributed by atoms with Crippen molar-refractivity contribution in [1.82, 2.24) is 4.98 Å². The van der Waals surface area contributed by atoms with Crippen molar-refractivity contribution in [3.05, 3.63) is 78.0 Å². The first-order valence-electron chi connectivity index (χ1n) is 9.14. The minimum atomic E-state index is -0.242. The van der Waals surface area contributed by atoms with Crippen molar-refractivity contribution in [2.45, 2.75) is 6.92 Å². The fourth-order valence-corrected chi connectivity index (χ4v) is 3.02. The van der Waals surface area contributed by atoms with Crippen LogP contribution in [0.5, 0.6) is 0 Å². The fourth-order valence-electron chi connectivity index (χ4n) is 3.02. The predicted octanol–water partition coefficient (Wildman–Crippen LogP) is 3.84. The molecule has 4 rings (SSSR count). The molecular weight excluding hydrogens is 366 g/mol. The number of fused-ring (bicyclic) bond motifs is 1. The highest BCUT2D eigenvalue weighted by molar-refractivity contribution is 6.09. The van der Waals surface area contributed by atoms with E-state index in [-0.39, 0.29) is 11.8 Å². The van der Waals surface area contributed by atoms with Crippen LogP contribution in [0.15, 0.2) is 71.9 Å². The molecule has 1 aliphatic rings. The molecule has 0 fully saturated rings. The van der Waals surface area contributed by atoms with Crippen molar-refractivity contribution in [3.63, 3.8) is 0 Å². The third-order valence-electron chi connectivity index (χ3n) is 4.41. The van der Waals surface area contributed by atoms with Crippen molar-refractivity contribution < 1.29 is 9.59 Å². The van der Waals surface area contributed by atoms with Gasteiger partial charge in [-0.2, -0.15) is 0 Å². The average Bonchev–Trinajstić information content (AvgIpc) is 2.74. The number of aliphatic imine (C=N–C) groups is 1. The molecule has 29 heavy (non-hydrogen) atoms. The summed E-state index contributed by atoms with van der Waals surface area (Å²) in [6, 6.07) is 18.2. The Kier molecular flexibility index (Phi) is 5.03. The van der Waals surface area contributed by atoms with Gasteiger partial charge in [-0.3, -0.25) is 9.59 Å². The van der Waals surface area contributed by atoms with Crippen LogP contribution in [-0.4, -0.2) is 29.1 Å². The van der Waals surface area contributed by atoms with Crippen LogP contribution >= 0.6 is 0 Å². The zero-order valence-corrected chi connectivity index (χ0v) is 15.8. The molecule has 144 valence electrons. The van der Waals surface area contributed by atoms with Crippen molar-refractivity contribution in [2.75, 3.05) is 22.5 Å². The summed E-state index contributed by atoms with van der Waals surface area (Å²) in [5.41, 5.74) is 4.61. The number of pyridine rings is 1. The van der Waals surface area contributed by atoms with E-state index in [4.69, 9.17) is 4.99 Å². The highest BCUT2D eigenvalue weighted by Crippen LogP contribution is 2.30. The number of hydrogen-bond acceptors (Lipinski definition) is 5. The van der Waals surface area contributed by atoms with Gasteiger partial charge in [0.05, 0.1) is 23.6 Å². The Morgan fingerprint density at radius 2 is 1.83 bits per heavy atom. The number of carbonyl (C=O) groups excluding carboxylic acids is 2. The molecule has 2 aromatic carbocycles. The Morgan fingerprint density at radius 1 is 1.00 bits per heavy atom. The number of anilines is 3. The summed E-state index contributed by atoms with van der Waals surface area (Å²) < 4.78 is 0. The van der Waals surface area contributed by atoms with Gasteiger partial charge in [0.15, 0.2) is 0 Å². The maximum absolute atomic E-state index is 12.5. The molecule has 0 unspecified atom stereocenters. The van der Waals surface area contributed by atoms with Crippen LogP contribution in [0.25, 0.3) is 0 Å². The quantitative estimate of drug-likeness (QED) is 0.636. The summed E-state index contributed by atoms with van der Waals surface area (Å²) in [6.07, 6.45) is 1.63. The third-order valence-corrected chi connectivity index (χ3v) is 4.41. The number of rotatable bonds is 4. The molecular formula is C22H19N5O2. The van der Waals surface area contributed by atoms with Gasteiger partial charge in [-0.25, -0.2) is 9.98 Å². The summed E-state index contributed by atoms with van der Waals surface area (Å²) in [5.74, 6) is 0.144. The second kappa shape index (κ2) is 7.93. The van der Waals surface area contributed by atoms with Gasteiger partial charge in [-0.1, -0.05) is 18.2 Å². The largest absolute Gasteiger partial charge is 0.378 e. The summed E-state index contributed by atoms with van der Waals surface area (Å²) in [4.78, 5) is 32.5. The van der Waals surface area contributed by atoms with E-state index in [9.17, 15) is 9.59 Å². The Labute approximate surface area is 167 Å². The lowest BCUT2D eigenvalue weighted by atomic mass is 10.1. The minimum absolute atomic E-state index is 0.111. The number of nitrogens with zero attached hydrogens (tertiary/aromatic N) is 2. The zero-order chi connectivity index (χ0) is 20.2. The first-order valence-corrected chi connectivity index (χ1v) is 9.14. The maximum atomic E-state index is 12.5. The van der Waals surface area contributed by atoms with Crippen LogP contribution in [-0.2, 0) is 4.79 Å². The van der Waals surface area contributed by atoms with E-state index in [1.165, 1.54) is 6.92 Å². The summed E-state index contributed by atoms with van der Waals surface area (Å²) in [7, 11) is 0. The normalized spacial score (nSPS) is 12.2. The van der Waals surface area contributed by atoms with Gasteiger partial charge in [0.25, 0.3) is 5.91 Å². The lowest BCUT2D eigenvalue weighted by Crippen LogP contribution is -2.19. The smallest absolute Gasteiger partial charge is 0.256 e. The molecule has 3 N–H and O–H groups in total. The molecule has 0 aliphatic carbocycles. The van der Waals surface area contributed by atoms with E-state index < -0.39 is 0 Å². The molecule has 0 radical (unpaired) electrons. The summed E-state index contributed by atoms with van der Waals surface area (Å²) >= 11 is 0. The molecule has 7 nitrogen and oxygen atoms in total. The van der Waals surface area contributed by atoms with Crippen LogP contribution in [0.2, 0.25) is 0 Å². The summed E-state index contributed by atoms with van der Waals surface area (Å²) in [6.45, 7) is 2.05. The predicted molar refractivity (Wildman–Crippen MR) is 114 cm³/mol. The number of aromatic nitrogens is 1. The van der Waals surface area contributed by atoms with Gasteiger partial charge < -0.3 is 16.0 Å². The standard InChI is InChI=1S/C22H19N5O2/c1-14(28)25-17-8-5-15(6-9-17)20-13-24-18-10-7-16(12-19(18)26-20)22(29)27-21-4-2-3-11-23-21/h2-12,24H,13H2,1H3,(H,25,28)(H,23,27,29). The third kappa shape index (κ3) is 4.30. The molecule has 0 bridgehead atoms. The van der Waals surface area contributed by atoms with Crippen LogP contribution in [0.3, 0.4) is 0 Å². The molecule has 0 atom stereocenters. The molecule has 1 aliphatic heterocycles. The number of carbonyl (C=O) groups is 2. The molecule has 1 aromatic heterocycles. The van der Waals surface area contributed by atoms with Gasteiger partial charge in [-0.05, 0) is 48.0 Å². The van der Waals surface area contributed by atoms with E-state index in [0.29, 0.717) is 23.6 Å². The lowest BCUT2D eigenvalue weighted by Gasteiger charge is -2.19. The van der Waals surface area contributed by atoms with Gasteiger partial charge in [0.1, 0.15) is 5.82 Å². The molecule has 7 heteroatoms. The Bertz CT molecular complexity index is 1090. The first-order chi connectivity index (χ1) is 14.1. The molecule has 3 aromatic rings. The number of hydrogen-bond donors (Lipinski definition) is 3. The Hall–Kier alpha value is -4.00. The first kappa shape index (κ1) is 18.4. The number of nitrogens with one attached hydrogen (secondary N) is 3. The second-order valence-corrected chi connectivity index (χ2v) is 6.57. The van der Waals surface area contributed by atoms with E-state index in [0.717, 1.165) is 22.6 Å². The van der Waals surface area contributed by atoms with Crippen LogP contribution in [0.4, 0.5) is 22.9 Å². The fraction of sp³-hybridized carbons (Fsp3) is 0.0909. The number of benzene rings is 2. The Morgan fingerprint density at radius 3 is 2.55 bits per heavy atom. The Balaban J connectivity index is 1.56. The van der Waals surface area contributed by atoms with Crippen LogP contribution in [0, 0.1) is 0 Å². The molecule has 0 saturated heterocycles. The van der Waals surface area contributed by atoms with Crippen molar-refractivity contribution in [1.29, 1.82) is 0 Å². The van der Waals surface area contributed by atoms with Gasteiger partial charge in [-0.15, -0.1) is 0 Å². The molecule has 0 spiro atoms. The monoisotopic (exact) mass is 385 g/mol. The van der Waals surface area contributed by atoms with Crippen LogP contribution in [0.1, 0.15) is 22.8 Å². The topological polar surface area (TPSA) is 95.5 Å². The average molecular weight is 385 g/mol. The van der Waals surface area contributed by atoms with Gasteiger partial charge >= 0.3 is 0 Å². The minimum Gasteiger partial charge on any atom is -0.378 e. The number of amides is 2. The van der Waals surface area contributed by atoms with E-state index in [1.54, 1.807) is 30.5 Å². The van der Waals surface area contributed by atoms with Crippen molar-refractivity contribution in [3.8, 4) is 0 Å². The van der Waals surface area contributed by atoms with E-state index in [2.05, 4.69) is 20.9 Å². The highest BCUT2D eigenvalue weighted by atomic mass is 16.2. The summed E-state index contributed by atoms with van der Waals surface area (Å²) in [5, 5.41) is 8.85. The van der Waals surface area contributed by atoms with E-state index >= 15 is 0 Å². The second-order valence-electron chi connectivity index (χ2n) is 6.57. The van der Waals surface area contributed by atoms with Gasteiger partial charge in [0, 0.05) is 24.4 Å². The highest BCUT2D eigenvalue weighted by Gasteiger charge is 2.16. The zero-order valence-electron chi connectivity index (χ0n) is 15.8. The van der Waals surface area contributed by atoms with Crippen molar-refractivity contribution in [2.24, 2.45) is 4.99 Å². The molecule has 2 amide bonds. The SMILES string of the molecule is CC(=O)Nc1ccc(C2=Nc3cc(C(=O)Nc4ccccn4)ccc3NC2)cc1. The van der Waals surface area contributed by atoms with Crippen LogP contribution < -0.4 is 16.0 Å². The van der Waals surface area contributed by atoms with Crippen molar-refractivity contribution >= 4 is 40.4 Å². The molecule has 2 heterocycles. The van der Waals surface area contributed by atoms with Gasteiger partial charge in [0.2, 0.25) is 5.91 Å². The molecule has 0 saturated carbocycles. The maximum Gasteiger partial charge on any atom is 0.256 e. The van der Waals surface area contributed by atoms with E-state index in [1.807, 2.05) is 36.4 Å².